The van der Waals surface area contributed by atoms with Crippen LogP contribution in [0, 0.1) is 0 Å². The van der Waals surface area contributed by atoms with Crippen LogP contribution in [0.2, 0.25) is 0 Å². The molecule has 15 heavy (non-hydrogen) atoms. The fourth-order valence-electron chi connectivity index (χ4n) is 2.17. The van der Waals surface area contributed by atoms with Gasteiger partial charge in [0.15, 0.2) is 9.84 Å². The third kappa shape index (κ3) is 4.73. The van der Waals surface area contributed by atoms with E-state index in [1.807, 2.05) is 0 Å². The molecule has 1 rings (SSSR count). The van der Waals surface area contributed by atoms with Gasteiger partial charge >= 0.3 is 0 Å². The minimum absolute atomic E-state index is 0.0227. The molecule has 1 aliphatic rings. The number of alkyl halides is 1. The van der Waals surface area contributed by atoms with Crippen molar-refractivity contribution in [1.82, 2.24) is 0 Å². The van der Waals surface area contributed by atoms with E-state index in [1.165, 1.54) is 0 Å². The van der Waals surface area contributed by atoms with Gasteiger partial charge < -0.3 is 0 Å². The van der Waals surface area contributed by atoms with E-state index in [4.69, 9.17) is 11.6 Å². The van der Waals surface area contributed by atoms with Crippen LogP contribution in [0.15, 0.2) is 0 Å². The smallest absolute Gasteiger partial charge is 0.153 e. The molecule has 0 atom stereocenters. The predicted octanol–water partition coefficient (Wildman–Crippen LogP) is 3.14. The summed E-state index contributed by atoms with van der Waals surface area (Å²) in [6.45, 7) is 0. The van der Waals surface area contributed by atoms with Gasteiger partial charge in [0.2, 0.25) is 0 Å². The molecule has 0 aliphatic heterocycles. The van der Waals surface area contributed by atoms with Crippen LogP contribution < -0.4 is 0 Å². The second kappa shape index (κ2) is 6.74. The summed E-state index contributed by atoms with van der Waals surface area (Å²) in [4.78, 5) is 0. The zero-order valence-corrected chi connectivity index (χ0v) is 10.8. The first-order valence-electron chi connectivity index (χ1n) is 5.94. The average Bonchev–Trinajstić information content (AvgIpc) is 2.70. The third-order valence-electron chi connectivity index (χ3n) is 3.12. The van der Waals surface area contributed by atoms with Gasteiger partial charge in [-0.3, -0.25) is 0 Å². The molecule has 1 saturated carbocycles. The summed E-state index contributed by atoms with van der Waals surface area (Å²) in [7, 11) is -2.78. The van der Waals surface area contributed by atoms with Gasteiger partial charge in [0.05, 0.1) is 11.0 Å². The predicted molar refractivity (Wildman–Crippen MR) is 65.2 cm³/mol. The fourth-order valence-corrected chi connectivity index (χ4v) is 4.35. The molecular formula is C11H21ClO2S. The van der Waals surface area contributed by atoms with Crippen molar-refractivity contribution in [1.29, 1.82) is 0 Å². The summed E-state index contributed by atoms with van der Waals surface area (Å²) >= 11 is 5.56. The Morgan fingerprint density at radius 3 is 2.20 bits per heavy atom. The van der Waals surface area contributed by atoms with Crippen LogP contribution in [0.25, 0.3) is 0 Å². The molecule has 0 unspecified atom stereocenters. The number of rotatable bonds is 7. The summed E-state index contributed by atoms with van der Waals surface area (Å²) in [6.07, 6.45) is 7.85. The topological polar surface area (TPSA) is 34.1 Å². The van der Waals surface area contributed by atoms with Crippen LogP contribution in [0.5, 0.6) is 0 Å². The van der Waals surface area contributed by atoms with Gasteiger partial charge in [-0.1, -0.05) is 25.7 Å². The highest BCUT2D eigenvalue weighted by Crippen LogP contribution is 2.25. The second-order valence-corrected chi connectivity index (χ2v) is 7.16. The first-order chi connectivity index (χ1) is 7.17. The minimum Gasteiger partial charge on any atom is -0.229 e. The van der Waals surface area contributed by atoms with Crippen molar-refractivity contribution in [3.05, 3.63) is 0 Å². The monoisotopic (exact) mass is 252 g/mol. The Kier molecular flexibility index (Phi) is 5.98. The van der Waals surface area contributed by atoms with Gasteiger partial charge in [-0.05, 0) is 25.7 Å². The molecular weight excluding hydrogens is 232 g/mol. The van der Waals surface area contributed by atoms with Crippen LogP contribution in [-0.4, -0.2) is 25.3 Å². The molecule has 0 aromatic heterocycles. The largest absolute Gasteiger partial charge is 0.229 e. The molecule has 0 heterocycles. The van der Waals surface area contributed by atoms with Crippen LogP contribution in [-0.2, 0) is 9.84 Å². The number of sulfone groups is 1. The maximum atomic E-state index is 11.8. The zero-order valence-electron chi connectivity index (χ0n) is 9.25. The van der Waals surface area contributed by atoms with Gasteiger partial charge in [0, 0.05) is 5.88 Å². The van der Waals surface area contributed by atoms with Gasteiger partial charge in [0.25, 0.3) is 0 Å². The van der Waals surface area contributed by atoms with E-state index in [1.54, 1.807) is 0 Å². The number of halogens is 1. The third-order valence-corrected chi connectivity index (χ3v) is 5.73. The maximum absolute atomic E-state index is 11.8. The molecule has 1 aliphatic carbocycles. The van der Waals surface area contributed by atoms with E-state index in [2.05, 4.69) is 0 Å². The Labute approximate surface area is 98.3 Å². The van der Waals surface area contributed by atoms with Crippen molar-refractivity contribution < 1.29 is 8.42 Å². The summed E-state index contributed by atoms with van der Waals surface area (Å²) in [5.41, 5.74) is 0. The van der Waals surface area contributed by atoms with E-state index < -0.39 is 9.84 Å². The Morgan fingerprint density at radius 2 is 1.60 bits per heavy atom. The van der Waals surface area contributed by atoms with E-state index in [-0.39, 0.29) is 5.25 Å². The lowest BCUT2D eigenvalue weighted by Crippen LogP contribution is -2.20. The molecule has 0 spiro atoms. The van der Waals surface area contributed by atoms with Gasteiger partial charge in [-0.25, -0.2) is 8.42 Å². The molecule has 2 nitrogen and oxygen atoms in total. The quantitative estimate of drug-likeness (QED) is 0.515. The lowest BCUT2D eigenvalue weighted by Gasteiger charge is -2.10. The van der Waals surface area contributed by atoms with Crippen molar-refractivity contribution in [2.75, 3.05) is 11.6 Å². The second-order valence-electron chi connectivity index (χ2n) is 4.38. The summed E-state index contributed by atoms with van der Waals surface area (Å²) in [5.74, 6) is 1.08. The van der Waals surface area contributed by atoms with Crippen LogP contribution in [0.1, 0.15) is 51.4 Å². The Balaban J connectivity index is 2.18. The molecule has 1 fully saturated rings. The zero-order chi connectivity index (χ0) is 11.1. The van der Waals surface area contributed by atoms with Crippen molar-refractivity contribution in [3.8, 4) is 0 Å². The fraction of sp³-hybridized carbons (Fsp3) is 1.00. The van der Waals surface area contributed by atoms with E-state index in [0.717, 1.165) is 51.4 Å². The van der Waals surface area contributed by atoms with Crippen molar-refractivity contribution in [3.63, 3.8) is 0 Å². The van der Waals surface area contributed by atoms with Gasteiger partial charge in [-0.15, -0.1) is 11.6 Å². The Morgan fingerprint density at radius 1 is 1.00 bits per heavy atom. The first kappa shape index (κ1) is 13.3. The summed E-state index contributed by atoms with van der Waals surface area (Å²) < 4.78 is 23.7. The minimum atomic E-state index is -2.78. The van der Waals surface area contributed by atoms with Crippen LogP contribution in [0.4, 0.5) is 0 Å². The van der Waals surface area contributed by atoms with Crippen LogP contribution >= 0.6 is 11.6 Å². The number of hydrogen-bond acceptors (Lipinski definition) is 2. The lowest BCUT2D eigenvalue weighted by atomic mass is 10.2. The van der Waals surface area contributed by atoms with E-state index >= 15 is 0 Å². The number of hydrogen-bond donors (Lipinski definition) is 0. The highest BCUT2D eigenvalue weighted by molar-refractivity contribution is 7.92. The Hall–Kier alpha value is 0.240. The van der Waals surface area contributed by atoms with Crippen molar-refractivity contribution >= 4 is 21.4 Å². The Bertz CT molecular complexity index is 256. The van der Waals surface area contributed by atoms with E-state index in [0.29, 0.717) is 11.6 Å². The van der Waals surface area contributed by atoms with Gasteiger partial charge in [-0.2, -0.15) is 0 Å². The summed E-state index contributed by atoms with van der Waals surface area (Å²) in [5, 5.41) is -0.0227. The standard InChI is InChI=1S/C11H21ClO2S/c12-9-5-1-2-6-10-15(13,14)11-7-3-4-8-11/h11H,1-10H2. The molecule has 0 radical (unpaired) electrons. The molecule has 0 amide bonds. The van der Waals surface area contributed by atoms with Gasteiger partial charge in [0.1, 0.15) is 0 Å². The molecule has 0 N–H and O–H groups in total. The van der Waals surface area contributed by atoms with Crippen LogP contribution in [0.3, 0.4) is 0 Å². The summed E-state index contributed by atoms with van der Waals surface area (Å²) in [6, 6.07) is 0. The average molecular weight is 253 g/mol. The number of unbranched alkanes of at least 4 members (excludes halogenated alkanes) is 3. The first-order valence-corrected chi connectivity index (χ1v) is 8.19. The molecule has 0 bridgehead atoms. The molecule has 0 aromatic carbocycles. The molecule has 4 heteroatoms. The van der Waals surface area contributed by atoms with E-state index in [9.17, 15) is 8.42 Å². The van der Waals surface area contributed by atoms with Crippen molar-refractivity contribution in [2.24, 2.45) is 0 Å². The molecule has 90 valence electrons. The lowest BCUT2D eigenvalue weighted by molar-refractivity contribution is 0.573. The SMILES string of the molecule is O=S(=O)(CCCCCCCl)C1CCCC1. The highest BCUT2D eigenvalue weighted by Gasteiger charge is 2.27. The maximum Gasteiger partial charge on any atom is 0.153 e. The normalized spacial score (nSPS) is 18.5. The highest BCUT2D eigenvalue weighted by atomic mass is 35.5. The molecule has 0 saturated heterocycles. The van der Waals surface area contributed by atoms with Crippen molar-refractivity contribution in [2.45, 2.75) is 56.6 Å². The molecule has 0 aromatic rings.